The van der Waals surface area contributed by atoms with Crippen LogP contribution in [-0.4, -0.2) is 62.5 Å². The second-order valence-corrected chi connectivity index (χ2v) is 7.92. The zero-order valence-electron chi connectivity index (χ0n) is 17.8. The molecule has 1 aliphatic heterocycles. The molecule has 1 aromatic carbocycles. The lowest BCUT2D eigenvalue weighted by Gasteiger charge is -2.37. The summed E-state index contributed by atoms with van der Waals surface area (Å²) in [6.45, 7) is 10.1. The number of hydrogen-bond acceptors (Lipinski definition) is 5. The van der Waals surface area contributed by atoms with Gasteiger partial charge in [-0.15, -0.1) is 0 Å². The first-order valence-electron chi connectivity index (χ1n) is 10.8. The minimum absolute atomic E-state index is 0.376. The monoisotopic (exact) mass is 406 g/mol. The Bertz CT molecular complexity index is 1000. The molecule has 4 rings (SSSR count). The molecule has 158 valence electrons. The molecule has 0 bridgehead atoms. The van der Waals surface area contributed by atoms with Gasteiger partial charge in [0.15, 0.2) is 5.65 Å². The molecule has 3 aromatic rings. The Labute approximate surface area is 177 Å². The zero-order valence-corrected chi connectivity index (χ0v) is 17.8. The van der Waals surface area contributed by atoms with Gasteiger partial charge in [0.2, 0.25) is 0 Å². The van der Waals surface area contributed by atoms with Crippen molar-refractivity contribution in [3.8, 4) is 11.3 Å². The van der Waals surface area contributed by atoms with Crippen molar-refractivity contribution in [1.82, 2.24) is 24.4 Å². The van der Waals surface area contributed by atoms with E-state index in [4.69, 9.17) is 5.73 Å². The Morgan fingerprint density at radius 2 is 1.80 bits per heavy atom. The predicted molar refractivity (Wildman–Crippen MR) is 118 cm³/mol. The maximum atomic E-state index is 11.6. The third-order valence-electron chi connectivity index (χ3n) is 6.23. The molecule has 1 fully saturated rings. The molecule has 7 heteroatoms. The minimum Gasteiger partial charge on any atom is -0.365 e. The Kier molecular flexibility index (Phi) is 6.11. The second kappa shape index (κ2) is 8.93. The van der Waals surface area contributed by atoms with Crippen molar-refractivity contribution in [1.29, 1.82) is 0 Å². The summed E-state index contributed by atoms with van der Waals surface area (Å²) >= 11 is 0. The van der Waals surface area contributed by atoms with Crippen LogP contribution in [0.3, 0.4) is 0 Å². The second-order valence-electron chi connectivity index (χ2n) is 7.92. The average Bonchev–Trinajstić information content (AvgIpc) is 3.25. The van der Waals surface area contributed by atoms with Crippen molar-refractivity contribution in [3.05, 3.63) is 53.9 Å². The number of carbonyl (C=O) groups excluding carboxylic acids is 1. The maximum Gasteiger partial charge on any atom is 0.252 e. The van der Waals surface area contributed by atoms with E-state index in [1.165, 1.54) is 24.7 Å². The SMILES string of the molecule is CCN(CC)C1CCN(Cc2ccc(-c3ccc(C(N)=O)c4ncnn34)cc2)CC1. The minimum atomic E-state index is -0.500. The molecule has 3 heterocycles. The van der Waals surface area contributed by atoms with Crippen LogP contribution in [0.25, 0.3) is 16.9 Å². The summed E-state index contributed by atoms with van der Waals surface area (Å²) in [5.74, 6) is -0.500. The number of pyridine rings is 1. The number of carbonyl (C=O) groups is 1. The van der Waals surface area contributed by atoms with E-state index >= 15 is 0 Å². The van der Waals surface area contributed by atoms with Gasteiger partial charge in [0.1, 0.15) is 6.33 Å². The summed E-state index contributed by atoms with van der Waals surface area (Å²) in [6.07, 6.45) is 3.94. The quantitative estimate of drug-likeness (QED) is 0.653. The Balaban J connectivity index is 1.45. The lowest BCUT2D eigenvalue weighted by atomic mass is 10.0. The van der Waals surface area contributed by atoms with E-state index in [0.717, 1.165) is 50.0 Å². The van der Waals surface area contributed by atoms with Crippen LogP contribution in [0.15, 0.2) is 42.7 Å². The van der Waals surface area contributed by atoms with Gasteiger partial charge in [-0.25, -0.2) is 9.50 Å². The molecule has 0 saturated carbocycles. The number of likely N-dealkylation sites (tertiary alicyclic amines) is 1. The van der Waals surface area contributed by atoms with E-state index in [2.05, 4.69) is 58.0 Å². The van der Waals surface area contributed by atoms with E-state index in [1.807, 2.05) is 6.07 Å². The fourth-order valence-corrected chi connectivity index (χ4v) is 4.54. The first-order chi connectivity index (χ1) is 14.6. The number of piperidine rings is 1. The molecule has 1 saturated heterocycles. The number of aromatic nitrogens is 3. The van der Waals surface area contributed by atoms with Crippen molar-refractivity contribution in [2.24, 2.45) is 5.73 Å². The van der Waals surface area contributed by atoms with Crippen molar-refractivity contribution < 1.29 is 4.79 Å². The zero-order chi connectivity index (χ0) is 21.1. The van der Waals surface area contributed by atoms with Gasteiger partial charge in [-0.05, 0) is 56.7 Å². The van der Waals surface area contributed by atoms with Crippen LogP contribution in [-0.2, 0) is 6.54 Å². The fraction of sp³-hybridized carbons (Fsp3) is 0.435. The molecule has 30 heavy (non-hydrogen) atoms. The third-order valence-corrected chi connectivity index (χ3v) is 6.23. The molecule has 0 unspecified atom stereocenters. The maximum absolute atomic E-state index is 11.6. The normalized spacial score (nSPS) is 15.8. The van der Waals surface area contributed by atoms with Crippen LogP contribution in [0.1, 0.15) is 42.6 Å². The van der Waals surface area contributed by atoms with Crippen LogP contribution < -0.4 is 5.73 Å². The molecule has 1 amide bonds. The van der Waals surface area contributed by atoms with Gasteiger partial charge in [-0.3, -0.25) is 9.69 Å². The highest BCUT2D eigenvalue weighted by molar-refractivity contribution is 5.99. The molecular formula is C23H30N6O. The van der Waals surface area contributed by atoms with Gasteiger partial charge in [0.25, 0.3) is 5.91 Å². The summed E-state index contributed by atoms with van der Waals surface area (Å²) in [4.78, 5) is 20.9. The van der Waals surface area contributed by atoms with Crippen LogP contribution in [0.4, 0.5) is 0 Å². The number of benzene rings is 1. The van der Waals surface area contributed by atoms with Crippen molar-refractivity contribution in [3.63, 3.8) is 0 Å². The number of primary amides is 1. The van der Waals surface area contributed by atoms with Crippen LogP contribution in [0.2, 0.25) is 0 Å². The van der Waals surface area contributed by atoms with Crippen molar-refractivity contribution >= 4 is 11.6 Å². The van der Waals surface area contributed by atoms with Crippen LogP contribution >= 0.6 is 0 Å². The van der Waals surface area contributed by atoms with Crippen molar-refractivity contribution in [2.45, 2.75) is 39.3 Å². The largest absolute Gasteiger partial charge is 0.365 e. The number of nitrogens with zero attached hydrogens (tertiary/aromatic N) is 5. The highest BCUT2D eigenvalue weighted by atomic mass is 16.1. The summed E-state index contributed by atoms with van der Waals surface area (Å²) in [5, 5.41) is 4.27. The lowest BCUT2D eigenvalue weighted by molar-refractivity contribution is 0.100. The molecule has 2 N–H and O–H groups in total. The van der Waals surface area contributed by atoms with Gasteiger partial charge in [0, 0.05) is 18.2 Å². The van der Waals surface area contributed by atoms with E-state index in [1.54, 1.807) is 10.6 Å². The fourth-order valence-electron chi connectivity index (χ4n) is 4.54. The molecule has 2 aromatic heterocycles. The van der Waals surface area contributed by atoms with E-state index in [0.29, 0.717) is 11.2 Å². The number of amides is 1. The van der Waals surface area contributed by atoms with Crippen LogP contribution in [0.5, 0.6) is 0 Å². The van der Waals surface area contributed by atoms with E-state index < -0.39 is 5.91 Å². The van der Waals surface area contributed by atoms with Gasteiger partial charge in [0.05, 0.1) is 11.3 Å². The number of hydrogen-bond donors (Lipinski definition) is 1. The summed E-state index contributed by atoms with van der Waals surface area (Å²) in [5.41, 5.74) is 9.54. The smallest absolute Gasteiger partial charge is 0.252 e. The Morgan fingerprint density at radius 3 is 2.43 bits per heavy atom. The molecule has 0 atom stereocenters. The Morgan fingerprint density at radius 1 is 1.10 bits per heavy atom. The first kappa shape index (κ1) is 20.5. The number of rotatable bonds is 7. The number of fused-ring (bicyclic) bond motifs is 1. The molecule has 0 aliphatic carbocycles. The summed E-state index contributed by atoms with van der Waals surface area (Å²) < 4.78 is 1.67. The van der Waals surface area contributed by atoms with Crippen molar-refractivity contribution in [2.75, 3.05) is 26.2 Å². The Hall–Kier alpha value is -2.77. The highest BCUT2D eigenvalue weighted by Crippen LogP contribution is 2.23. The van der Waals surface area contributed by atoms with Gasteiger partial charge in [-0.2, -0.15) is 5.10 Å². The molecule has 0 radical (unpaired) electrons. The molecular weight excluding hydrogens is 376 g/mol. The summed E-state index contributed by atoms with van der Waals surface area (Å²) in [6, 6.07) is 12.9. The van der Waals surface area contributed by atoms with Gasteiger partial charge >= 0.3 is 0 Å². The van der Waals surface area contributed by atoms with Gasteiger partial charge in [-0.1, -0.05) is 38.1 Å². The molecule has 0 spiro atoms. The lowest BCUT2D eigenvalue weighted by Crippen LogP contribution is -2.44. The van der Waals surface area contributed by atoms with E-state index in [-0.39, 0.29) is 0 Å². The predicted octanol–water partition coefficient (Wildman–Crippen LogP) is 2.80. The average molecular weight is 407 g/mol. The molecule has 7 nitrogen and oxygen atoms in total. The van der Waals surface area contributed by atoms with E-state index in [9.17, 15) is 4.79 Å². The standard InChI is InChI=1S/C23H30N6O/c1-3-28(4-2)19-11-13-27(14-12-19)15-17-5-7-18(8-6-17)21-10-9-20(22(24)30)23-25-16-26-29(21)23/h5-10,16,19H,3-4,11-15H2,1-2H3,(H2,24,30). The van der Waals surface area contributed by atoms with Crippen LogP contribution in [0, 0.1) is 0 Å². The highest BCUT2D eigenvalue weighted by Gasteiger charge is 2.22. The first-order valence-corrected chi connectivity index (χ1v) is 10.8. The van der Waals surface area contributed by atoms with Gasteiger partial charge < -0.3 is 10.6 Å². The number of nitrogens with two attached hydrogens (primary N) is 1. The topological polar surface area (TPSA) is 79.8 Å². The molecule has 1 aliphatic rings. The third kappa shape index (κ3) is 4.08. The summed E-state index contributed by atoms with van der Waals surface area (Å²) in [7, 11) is 0.